The summed E-state index contributed by atoms with van der Waals surface area (Å²) in [6, 6.07) is 78.1. The van der Waals surface area contributed by atoms with Gasteiger partial charge in [0.15, 0.2) is 17.5 Å². The molecule has 13 rings (SSSR count). The topological polar surface area (TPSA) is 51.6 Å². The fourth-order valence-electron chi connectivity index (χ4n) is 10.1. The Morgan fingerprint density at radius 1 is 0.297 bits per heavy atom. The molecular weight excluding hydrogens is 797 g/mol. The predicted octanol–water partition coefficient (Wildman–Crippen LogP) is 14.7. The third-order valence-corrected chi connectivity index (χ3v) is 14.1. The standard InChI is InChI=1S/C59H36N4S/c1-3-16-38(17-4-1)56-61-57(39-18-5-2-6-19-39)63-58(62-56)40-32-30-37(31-33-40)41-20-15-21-42(34-41)55-47-35-46-43-22-7-9-24-48(43)59(51(46)36-45(47)44-23-8-12-27-52(44)60-55)49-25-10-13-28-53(49)64-54-29-14-11-26-50(54)59/h1-36H. The molecule has 1 aliphatic carbocycles. The number of hydrogen-bond donors (Lipinski definition) is 0. The van der Waals surface area contributed by atoms with Crippen molar-refractivity contribution in [2.45, 2.75) is 15.2 Å². The van der Waals surface area contributed by atoms with Gasteiger partial charge in [0.25, 0.3) is 0 Å². The first kappa shape index (κ1) is 36.6. The SMILES string of the molecule is c1ccc(-c2nc(-c3ccccc3)nc(-c3ccc(-c4cccc(-c5nc6ccccc6c6cc7c(cc56)-c5ccccc5C75c6ccccc6Sc6ccccc65)c4)cc3)n2)cc1. The Morgan fingerprint density at radius 3 is 1.48 bits per heavy atom. The van der Waals surface area contributed by atoms with Crippen molar-refractivity contribution in [3.05, 3.63) is 241 Å². The van der Waals surface area contributed by atoms with Gasteiger partial charge >= 0.3 is 0 Å². The zero-order valence-corrected chi connectivity index (χ0v) is 35.3. The van der Waals surface area contributed by atoms with E-state index < -0.39 is 5.41 Å². The van der Waals surface area contributed by atoms with E-state index in [9.17, 15) is 0 Å². The molecular formula is C59H36N4S. The summed E-state index contributed by atoms with van der Waals surface area (Å²) in [6.07, 6.45) is 0. The van der Waals surface area contributed by atoms with E-state index in [0.29, 0.717) is 17.5 Å². The molecule has 1 spiro atoms. The molecule has 0 saturated heterocycles. The van der Waals surface area contributed by atoms with Gasteiger partial charge in [0.2, 0.25) is 0 Å². The van der Waals surface area contributed by atoms with E-state index in [0.717, 1.165) is 55.4 Å². The van der Waals surface area contributed by atoms with Crippen LogP contribution >= 0.6 is 11.8 Å². The Bertz CT molecular complexity index is 3540. The molecule has 298 valence electrons. The summed E-state index contributed by atoms with van der Waals surface area (Å²) in [5, 5.41) is 3.50. The van der Waals surface area contributed by atoms with E-state index in [2.05, 4.69) is 158 Å². The molecule has 0 N–H and O–H groups in total. The lowest BCUT2D eigenvalue weighted by molar-refractivity contribution is 0.723. The lowest BCUT2D eigenvalue weighted by Crippen LogP contribution is -2.31. The van der Waals surface area contributed by atoms with Crippen molar-refractivity contribution < 1.29 is 0 Å². The van der Waals surface area contributed by atoms with Crippen LogP contribution in [0.4, 0.5) is 0 Å². The molecule has 4 nitrogen and oxygen atoms in total. The van der Waals surface area contributed by atoms with Gasteiger partial charge in [0.05, 0.1) is 16.6 Å². The normalized spacial score (nSPS) is 13.1. The molecule has 11 aromatic rings. The number of benzene rings is 9. The van der Waals surface area contributed by atoms with Crippen LogP contribution in [0.2, 0.25) is 0 Å². The zero-order valence-electron chi connectivity index (χ0n) is 34.5. The molecule has 0 amide bonds. The molecule has 9 aromatic carbocycles. The monoisotopic (exact) mass is 832 g/mol. The molecule has 64 heavy (non-hydrogen) atoms. The Hall–Kier alpha value is -7.99. The number of nitrogens with zero attached hydrogens (tertiary/aromatic N) is 4. The number of aromatic nitrogens is 4. The molecule has 5 heteroatoms. The zero-order chi connectivity index (χ0) is 42.2. The Morgan fingerprint density at radius 2 is 0.812 bits per heavy atom. The second-order valence-electron chi connectivity index (χ2n) is 16.5. The largest absolute Gasteiger partial charge is 0.247 e. The first-order chi connectivity index (χ1) is 31.7. The van der Waals surface area contributed by atoms with Crippen LogP contribution in [0, 0.1) is 0 Å². The summed E-state index contributed by atoms with van der Waals surface area (Å²) in [7, 11) is 0. The molecule has 0 unspecified atom stereocenters. The van der Waals surface area contributed by atoms with Crippen LogP contribution in [0.5, 0.6) is 0 Å². The first-order valence-electron chi connectivity index (χ1n) is 21.6. The molecule has 0 bridgehead atoms. The van der Waals surface area contributed by atoms with Crippen LogP contribution in [0.3, 0.4) is 0 Å². The number of fused-ring (bicyclic) bond motifs is 12. The summed E-state index contributed by atoms with van der Waals surface area (Å²) in [6.45, 7) is 0. The Labute approximate surface area is 375 Å². The summed E-state index contributed by atoms with van der Waals surface area (Å²) in [5.41, 5.74) is 15.4. The van der Waals surface area contributed by atoms with Crippen molar-refractivity contribution >= 4 is 33.4 Å². The maximum absolute atomic E-state index is 5.46. The molecule has 2 aliphatic rings. The molecule has 1 aliphatic heterocycles. The van der Waals surface area contributed by atoms with E-state index in [1.54, 1.807) is 0 Å². The van der Waals surface area contributed by atoms with Crippen LogP contribution in [0.25, 0.3) is 89.4 Å². The van der Waals surface area contributed by atoms with Crippen LogP contribution in [0.15, 0.2) is 228 Å². The van der Waals surface area contributed by atoms with E-state index >= 15 is 0 Å². The van der Waals surface area contributed by atoms with Crippen LogP contribution in [-0.4, -0.2) is 19.9 Å². The van der Waals surface area contributed by atoms with E-state index in [1.807, 2.05) is 72.4 Å². The van der Waals surface area contributed by atoms with Crippen LogP contribution in [-0.2, 0) is 5.41 Å². The van der Waals surface area contributed by atoms with E-state index in [-0.39, 0.29) is 0 Å². The van der Waals surface area contributed by atoms with Crippen LogP contribution in [0.1, 0.15) is 22.3 Å². The Balaban J connectivity index is 0.958. The number of hydrogen-bond acceptors (Lipinski definition) is 5. The van der Waals surface area contributed by atoms with Crippen molar-refractivity contribution in [2.75, 3.05) is 0 Å². The lowest BCUT2D eigenvalue weighted by atomic mass is 9.67. The fourth-order valence-corrected chi connectivity index (χ4v) is 11.3. The predicted molar refractivity (Wildman–Crippen MR) is 261 cm³/mol. The van der Waals surface area contributed by atoms with Gasteiger partial charge in [-0.3, -0.25) is 0 Å². The van der Waals surface area contributed by atoms with Crippen molar-refractivity contribution in [3.8, 4) is 67.7 Å². The second kappa shape index (κ2) is 14.6. The molecule has 0 saturated carbocycles. The van der Waals surface area contributed by atoms with Gasteiger partial charge < -0.3 is 0 Å². The summed E-state index contributed by atoms with van der Waals surface area (Å²) in [5.74, 6) is 1.93. The summed E-state index contributed by atoms with van der Waals surface area (Å²) < 4.78 is 0. The minimum absolute atomic E-state index is 0.456. The highest BCUT2D eigenvalue weighted by molar-refractivity contribution is 7.99. The molecule has 3 heterocycles. The second-order valence-corrected chi connectivity index (χ2v) is 17.6. The highest BCUT2D eigenvalue weighted by atomic mass is 32.2. The Kier molecular flexibility index (Phi) is 8.33. The number of pyridine rings is 1. The number of rotatable bonds is 5. The molecule has 0 atom stereocenters. The average molecular weight is 833 g/mol. The lowest BCUT2D eigenvalue weighted by Gasteiger charge is -2.39. The van der Waals surface area contributed by atoms with Gasteiger partial charge in [-0.15, -0.1) is 0 Å². The third-order valence-electron chi connectivity index (χ3n) is 13.0. The molecule has 0 radical (unpaired) electrons. The fraction of sp³-hybridized carbons (Fsp3) is 0.0169. The maximum Gasteiger partial charge on any atom is 0.164 e. The molecule has 2 aromatic heterocycles. The van der Waals surface area contributed by atoms with Crippen molar-refractivity contribution in [3.63, 3.8) is 0 Å². The van der Waals surface area contributed by atoms with Gasteiger partial charge in [-0.05, 0) is 86.3 Å². The van der Waals surface area contributed by atoms with Crippen molar-refractivity contribution in [1.29, 1.82) is 0 Å². The van der Waals surface area contributed by atoms with Crippen LogP contribution < -0.4 is 0 Å². The average Bonchev–Trinajstić information content (AvgIpc) is 3.65. The minimum atomic E-state index is -0.456. The highest BCUT2D eigenvalue weighted by Gasteiger charge is 2.50. The first-order valence-corrected chi connectivity index (χ1v) is 22.4. The smallest absolute Gasteiger partial charge is 0.164 e. The maximum atomic E-state index is 5.46. The third kappa shape index (κ3) is 5.64. The van der Waals surface area contributed by atoms with Gasteiger partial charge in [-0.25, -0.2) is 19.9 Å². The quantitative estimate of drug-likeness (QED) is 0.162. The van der Waals surface area contributed by atoms with Crippen molar-refractivity contribution in [2.24, 2.45) is 0 Å². The highest BCUT2D eigenvalue weighted by Crippen LogP contribution is 2.63. The van der Waals surface area contributed by atoms with Crippen molar-refractivity contribution in [1.82, 2.24) is 19.9 Å². The van der Waals surface area contributed by atoms with Gasteiger partial charge in [0, 0.05) is 42.8 Å². The number of para-hydroxylation sites is 1. The van der Waals surface area contributed by atoms with Gasteiger partial charge in [-0.2, -0.15) is 0 Å². The minimum Gasteiger partial charge on any atom is -0.247 e. The van der Waals surface area contributed by atoms with Gasteiger partial charge in [-0.1, -0.05) is 194 Å². The summed E-state index contributed by atoms with van der Waals surface area (Å²) >= 11 is 1.88. The summed E-state index contributed by atoms with van der Waals surface area (Å²) in [4.78, 5) is 22.9. The molecule has 0 fully saturated rings. The van der Waals surface area contributed by atoms with E-state index in [1.165, 1.54) is 48.6 Å². The van der Waals surface area contributed by atoms with Gasteiger partial charge in [0.1, 0.15) is 0 Å². The van der Waals surface area contributed by atoms with E-state index in [4.69, 9.17) is 19.9 Å².